The molecule has 0 aliphatic heterocycles. The summed E-state index contributed by atoms with van der Waals surface area (Å²) >= 11 is 1.27. The first-order chi connectivity index (χ1) is 9.79. The first-order valence-corrected chi connectivity index (χ1v) is 8.92. The van der Waals surface area contributed by atoms with Crippen molar-refractivity contribution in [2.24, 2.45) is 0 Å². The smallest absolute Gasteiger partial charge is 0.263 e. The SMILES string of the molecule is CC(C)c1csc(NS(=O)(=O)c2ccc(C(C)O)cc2)n1. The highest BCUT2D eigenvalue weighted by atomic mass is 32.2. The highest BCUT2D eigenvalue weighted by Crippen LogP contribution is 2.24. The van der Waals surface area contributed by atoms with Crippen LogP contribution in [0.25, 0.3) is 0 Å². The highest BCUT2D eigenvalue weighted by molar-refractivity contribution is 7.93. The maximum atomic E-state index is 12.3. The summed E-state index contributed by atoms with van der Waals surface area (Å²) in [6.45, 7) is 5.63. The molecule has 1 aromatic carbocycles. The molecule has 1 unspecified atom stereocenters. The molecule has 0 radical (unpaired) electrons. The van der Waals surface area contributed by atoms with Crippen molar-refractivity contribution < 1.29 is 13.5 Å². The van der Waals surface area contributed by atoms with E-state index in [0.29, 0.717) is 10.7 Å². The molecule has 0 spiro atoms. The predicted octanol–water partition coefficient (Wildman–Crippen LogP) is 3.12. The van der Waals surface area contributed by atoms with Gasteiger partial charge in [0.2, 0.25) is 0 Å². The van der Waals surface area contributed by atoms with Crippen molar-refractivity contribution in [3.63, 3.8) is 0 Å². The molecule has 0 amide bonds. The van der Waals surface area contributed by atoms with Crippen LogP contribution >= 0.6 is 11.3 Å². The Bertz CT molecular complexity index is 704. The van der Waals surface area contributed by atoms with Crippen LogP contribution in [0.5, 0.6) is 0 Å². The largest absolute Gasteiger partial charge is 0.389 e. The van der Waals surface area contributed by atoms with Gasteiger partial charge in [-0.1, -0.05) is 26.0 Å². The number of aliphatic hydroxyl groups is 1. The van der Waals surface area contributed by atoms with Gasteiger partial charge in [-0.2, -0.15) is 0 Å². The summed E-state index contributed by atoms with van der Waals surface area (Å²) in [5.41, 5.74) is 1.53. The van der Waals surface area contributed by atoms with Crippen molar-refractivity contribution in [3.05, 3.63) is 40.9 Å². The lowest BCUT2D eigenvalue weighted by atomic mass is 10.1. The number of nitrogens with zero attached hydrogens (tertiary/aromatic N) is 1. The average Bonchev–Trinajstić information content (AvgIpc) is 2.87. The van der Waals surface area contributed by atoms with Crippen LogP contribution < -0.4 is 4.72 Å². The molecule has 2 N–H and O–H groups in total. The summed E-state index contributed by atoms with van der Waals surface area (Å²) in [6, 6.07) is 6.14. The Morgan fingerprint density at radius 3 is 2.29 bits per heavy atom. The van der Waals surface area contributed by atoms with E-state index in [9.17, 15) is 13.5 Å². The molecule has 0 saturated heterocycles. The fourth-order valence-corrected chi connectivity index (χ4v) is 3.82. The Balaban J connectivity index is 2.21. The summed E-state index contributed by atoms with van der Waals surface area (Å²) in [6.07, 6.45) is -0.623. The van der Waals surface area contributed by atoms with Crippen LogP contribution in [0.1, 0.15) is 44.1 Å². The second-order valence-electron chi connectivity index (χ2n) is 5.08. The minimum absolute atomic E-state index is 0.146. The number of rotatable bonds is 5. The topological polar surface area (TPSA) is 79.3 Å². The number of aliphatic hydroxyl groups excluding tert-OH is 1. The van der Waals surface area contributed by atoms with Crippen LogP contribution in [0.3, 0.4) is 0 Å². The Hall–Kier alpha value is -1.44. The third kappa shape index (κ3) is 3.81. The third-order valence-corrected chi connectivity index (χ3v) is 5.27. The summed E-state index contributed by atoms with van der Waals surface area (Å²) in [7, 11) is -3.65. The van der Waals surface area contributed by atoms with Gasteiger partial charge < -0.3 is 5.11 Å². The van der Waals surface area contributed by atoms with Crippen molar-refractivity contribution in [1.29, 1.82) is 0 Å². The second kappa shape index (κ2) is 6.13. The molecular weight excluding hydrogens is 308 g/mol. The van der Waals surface area contributed by atoms with Gasteiger partial charge in [0.1, 0.15) is 0 Å². The van der Waals surface area contributed by atoms with Gasteiger partial charge in [-0.05, 0) is 30.5 Å². The lowest BCUT2D eigenvalue weighted by Crippen LogP contribution is -2.13. The standard InChI is InChI=1S/C14H18N2O3S2/c1-9(2)13-8-20-14(15-13)16-21(18,19)12-6-4-11(5-7-12)10(3)17/h4-10,17H,1-3H3,(H,15,16). The third-order valence-electron chi connectivity index (χ3n) is 3.01. The summed E-state index contributed by atoms with van der Waals surface area (Å²) < 4.78 is 27.0. The molecule has 114 valence electrons. The number of hydrogen-bond donors (Lipinski definition) is 2. The van der Waals surface area contributed by atoms with Crippen LogP contribution in [-0.2, 0) is 10.0 Å². The fraction of sp³-hybridized carbons (Fsp3) is 0.357. The van der Waals surface area contributed by atoms with Crippen LogP contribution in [0, 0.1) is 0 Å². The van der Waals surface area contributed by atoms with E-state index in [2.05, 4.69) is 9.71 Å². The molecule has 0 bridgehead atoms. The molecule has 7 heteroatoms. The first-order valence-electron chi connectivity index (χ1n) is 6.56. The summed E-state index contributed by atoms with van der Waals surface area (Å²) in [5, 5.41) is 11.6. The van der Waals surface area contributed by atoms with Crippen LogP contribution in [-0.4, -0.2) is 18.5 Å². The lowest BCUT2D eigenvalue weighted by Gasteiger charge is -2.08. The van der Waals surface area contributed by atoms with E-state index in [1.807, 2.05) is 19.2 Å². The van der Waals surface area contributed by atoms with E-state index in [1.165, 1.54) is 23.5 Å². The average molecular weight is 326 g/mol. The van der Waals surface area contributed by atoms with Crippen LogP contribution in [0.2, 0.25) is 0 Å². The number of thiazole rings is 1. The lowest BCUT2D eigenvalue weighted by molar-refractivity contribution is 0.199. The zero-order chi connectivity index (χ0) is 15.6. The molecule has 0 aliphatic carbocycles. The molecular formula is C14H18N2O3S2. The second-order valence-corrected chi connectivity index (χ2v) is 7.62. The van der Waals surface area contributed by atoms with Crippen molar-refractivity contribution >= 4 is 26.5 Å². The highest BCUT2D eigenvalue weighted by Gasteiger charge is 2.17. The van der Waals surface area contributed by atoms with E-state index in [1.54, 1.807) is 19.1 Å². The number of hydrogen-bond acceptors (Lipinski definition) is 5. The van der Waals surface area contributed by atoms with Gasteiger partial charge in [0.15, 0.2) is 5.13 Å². The molecule has 0 fully saturated rings. The molecule has 1 atom stereocenters. The van der Waals surface area contributed by atoms with Crippen molar-refractivity contribution in [2.75, 3.05) is 4.72 Å². The van der Waals surface area contributed by atoms with Gasteiger partial charge in [-0.25, -0.2) is 13.4 Å². The molecule has 5 nitrogen and oxygen atoms in total. The van der Waals surface area contributed by atoms with E-state index < -0.39 is 16.1 Å². The molecule has 1 heterocycles. The van der Waals surface area contributed by atoms with Gasteiger partial charge in [-0.15, -0.1) is 11.3 Å². The Labute approximate surface area is 128 Å². The maximum Gasteiger partial charge on any atom is 0.263 e. The first kappa shape index (κ1) is 15.9. The van der Waals surface area contributed by atoms with E-state index in [4.69, 9.17) is 0 Å². The van der Waals surface area contributed by atoms with E-state index in [-0.39, 0.29) is 10.8 Å². The zero-order valence-electron chi connectivity index (χ0n) is 12.1. The van der Waals surface area contributed by atoms with Crippen molar-refractivity contribution in [1.82, 2.24) is 4.98 Å². The summed E-state index contributed by atoms with van der Waals surface area (Å²) in [4.78, 5) is 4.40. The minimum atomic E-state index is -3.65. The van der Waals surface area contributed by atoms with Crippen molar-refractivity contribution in [2.45, 2.75) is 37.7 Å². The Morgan fingerprint density at radius 2 is 1.81 bits per heavy atom. The van der Waals surface area contributed by atoms with Gasteiger partial charge in [0, 0.05) is 5.38 Å². The van der Waals surface area contributed by atoms with Crippen molar-refractivity contribution in [3.8, 4) is 0 Å². The molecule has 0 aliphatic rings. The summed E-state index contributed by atoms with van der Waals surface area (Å²) in [5.74, 6) is 0.254. The molecule has 2 aromatic rings. The molecule has 2 rings (SSSR count). The molecule has 1 aromatic heterocycles. The van der Waals surface area contributed by atoms with E-state index in [0.717, 1.165) is 5.69 Å². The van der Waals surface area contributed by atoms with Gasteiger partial charge in [0.05, 0.1) is 16.7 Å². The van der Waals surface area contributed by atoms with Gasteiger partial charge in [0.25, 0.3) is 10.0 Å². The van der Waals surface area contributed by atoms with Crippen LogP contribution in [0.4, 0.5) is 5.13 Å². The Kier molecular flexibility index (Phi) is 4.65. The number of aromatic nitrogens is 1. The van der Waals surface area contributed by atoms with Gasteiger partial charge >= 0.3 is 0 Å². The molecule has 21 heavy (non-hydrogen) atoms. The number of benzene rings is 1. The van der Waals surface area contributed by atoms with Crippen LogP contribution in [0.15, 0.2) is 34.5 Å². The number of sulfonamides is 1. The number of anilines is 1. The predicted molar refractivity (Wildman–Crippen MR) is 84.1 cm³/mol. The number of nitrogens with one attached hydrogen (secondary N) is 1. The maximum absolute atomic E-state index is 12.3. The van der Waals surface area contributed by atoms with E-state index >= 15 is 0 Å². The molecule has 0 saturated carbocycles. The quantitative estimate of drug-likeness (QED) is 0.885. The Morgan fingerprint density at radius 1 is 1.19 bits per heavy atom. The monoisotopic (exact) mass is 326 g/mol. The normalized spacial score (nSPS) is 13.4. The van der Waals surface area contributed by atoms with Gasteiger partial charge in [-0.3, -0.25) is 4.72 Å². The minimum Gasteiger partial charge on any atom is -0.389 e. The fourth-order valence-electron chi connectivity index (χ4n) is 1.70. The zero-order valence-corrected chi connectivity index (χ0v) is 13.7.